The van der Waals surface area contributed by atoms with E-state index in [0.717, 1.165) is 6.08 Å². The Balaban J connectivity index is 2.41. The molecule has 6 nitrogen and oxygen atoms in total. The molecule has 0 aromatic carbocycles. The van der Waals surface area contributed by atoms with Crippen LogP contribution in [0.3, 0.4) is 0 Å². The van der Waals surface area contributed by atoms with Gasteiger partial charge in [-0.25, -0.2) is 13.9 Å². The number of amides is 1. The van der Waals surface area contributed by atoms with E-state index in [1.165, 1.54) is 0 Å². The van der Waals surface area contributed by atoms with Crippen LogP contribution in [0.2, 0.25) is 0 Å². The Morgan fingerprint density at radius 3 is 2.36 bits per heavy atom. The van der Waals surface area contributed by atoms with E-state index >= 15 is 0 Å². The second-order valence-corrected chi connectivity index (χ2v) is 7.07. The number of piperidine rings is 1. The first-order valence-electron chi connectivity index (χ1n) is 7.31. The van der Waals surface area contributed by atoms with Gasteiger partial charge in [0, 0.05) is 30.0 Å². The molecule has 1 amide bonds. The van der Waals surface area contributed by atoms with Gasteiger partial charge in [-0.1, -0.05) is 19.4 Å². The van der Waals surface area contributed by atoms with Gasteiger partial charge in [0.1, 0.15) is 12.7 Å². The van der Waals surface area contributed by atoms with E-state index in [2.05, 4.69) is 52.4 Å². The van der Waals surface area contributed by atoms with Crippen LogP contribution in [-0.2, 0) is 14.3 Å². The highest BCUT2D eigenvalue weighted by molar-refractivity contribution is 7.77. The Kier molecular flexibility index (Phi) is 6.31. The fourth-order valence-electron chi connectivity index (χ4n) is 2.82. The predicted molar refractivity (Wildman–Crippen MR) is 87.6 cm³/mol. The summed E-state index contributed by atoms with van der Waals surface area (Å²) in [6, 6.07) is 0. The summed E-state index contributed by atoms with van der Waals surface area (Å²) in [6.45, 7) is 11.9. The van der Waals surface area contributed by atoms with Crippen LogP contribution >= 0.6 is 12.8 Å². The van der Waals surface area contributed by atoms with Crippen molar-refractivity contribution < 1.29 is 19.1 Å². The number of ether oxygens (including phenoxy) is 2. The lowest BCUT2D eigenvalue weighted by Gasteiger charge is -2.51. The van der Waals surface area contributed by atoms with Gasteiger partial charge in [0.25, 0.3) is 0 Å². The van der Waals surface area contributed by atoms with Crippen molar-refractivity contribution >= 4 is 24.9 Å². The fraction of sp³-hybridized carbons (Fsp3) is 0.733. The zero-order chi connectivity index (χ0) is 17.0. The van der Waals surface area contributed by atoms with E-state index in [-0.39, 0.29) is 30.3 Å². The number of alkyl carbamates (subject to hydrolysis) is 1. The molecule has 7 heteroatoms. The normalized spacial score (nSPS) is 21.0. The van der Waals surface area contributed by atoms with Crippen LogP contribution in [0.4, 0.5) is 4.79 Å². The zero-order valence-electron chi connectivity index (χ0n) is 13.7. The maximum atomic E-state index is 11.8. The number of rotatable bonds is 5. The third-order valence-corrected chi connectivity index (χ3v) is 4.74. The highest BCUT2D eigenvalue weighted by Crippen LogP contribution is 2.40. The molecular weight excluding hydrogens is 304 g/mol. The van der Waals surface area contributed by atoms with Crippen molar-refractivity contribution in [2.75, 3.05) is 13.2 Å². The van der Waals surface area contributed by atoms with E-state index in [4.69, 9.17) is 9.47 Å². The zero-order valence-corrected chi connectivity index (χ0v) is 14.6. The summed E-state index contributed by atoms with van der Waals surface area (Å²) in [5.74, 6) is -0.514. The van der Waals surface area contributed by atoms with Crippen LogP contribution in [0.1, 0.15) is 40.5 Å². The molecular formula is C15H26N2O4S. The number of esters is 1. The molecule has 126 valence electrons. The number of thiol groups is 1. The topological polar surface area (TPSA) is 67.9 Å². The van der Waals surface area contributed by atoms with Crippen LogP contribution in [-0.4, -0.2) is 46.7 Å². The molecule has 0 saturated carbocycles. The van der Waals surface area contributed by atoms with Gasteiger partial charge in [-0.05, 0) is 27.7 Å². The lowest BCUT2D eigenvalue weighted by molar-refractivity contribution is -0.137. The fourth-order valence-corrected chi connectivity index (χ4v) is 2.98. The maximum absolute atomic E-state index is 11.8. The van der Waals surface area contributed by atoms with E-state index < -0.39 is 12.1 Å². The Hall–Kier alpha value is -1.21. The second kappa shape index (κ2) is 7.37. The molecule has 0 aromatic heterocycles. The van der Waals surface area contributed by atoms with E-state index in [1.807, 2.05) is 4.31 Å². The van der Waals surface area contributed by atoms with Gasteiger partial charge >= 0.3 is 12.1 Å². The number of nitrogens with one attached hydrogen (secondary N) is 1. The number of carbonyl (C=O) groups excluding carboxylic acids is 2. The van der Waals surface area contributed by atoms with E-state index in [0.29, 0.717) is 12.8 Å². The van der Waals surface area contributed by atoms with Gasteiger partial charge in [0.2, 0.25) is 0 Å². The monoisotopic (exact) mass is 330 g/mol. The SMILES string of the molecule is C=CC(=O)OCCNC(=O)OC1CC(C)(C)N(S)C(C)(C)C1. The Morgan fingerprint density at radius 2 is 1.86 bits per heavy atom. The first-order valence-corrected chi connectivity index (χ1v) is 7.71. The van der Waals surface area contributed by atoms with Crippen LogP contribution in [0.5, 0.6) is 0 Å². The molecule has 1 aliphatic heterocycles. The molecule has 22 heavy (non-hydrogen) atoms. The Morgan fingerprint density at radius 1 is 1.32 bits per heavy atom. The van der Waals surface area contributed by atoms with Gasteiger partial charge in [-0.3, -0.25) is 0 Å². The highest BCUT2D eigenvalue weighted by Gasteiger charge is 2.45. The van der Waals surface area contributed by atoms with Crippen molar-refractivity contribution in [1.29, 1.82) is 0 Å². The van der Waals surface area contributed by atoms with Crippen molar-refractivity contribution in [3.63, 3.8) is 0 Å². The molecule has 1 heterocycles. The predicted octanol–water partition coefficient (Wildman–Crippen LogP) is 2.31. The molecule has 1 rings (SSSR count). The standard InChI is InChI=1S/C15H26N2O4S/c1-6-12(18)20-8-7-16-13(19)21-11-9-14(2,3)17(22)15(4,5)10-11/h6,11,22H,1,7-10H2,2-5H3,(H,16,19). The smallest absolute Gasteiger partial charge is 0.407 e. The van der Waals surface area contributed by atoms with Crippen molar-refractivity contribution in [2.24, 2.45) is 0 Å². The minimum absolute atomic E-state index is 0.0893. The average molecular weight is 330 g/mol. The lowest BCUT2D eigenvalue weighted by atomic mass is 9.81. The molecule has 0 radical (unpaired) electrons. The molecule has 1 N–H and O–H groups in total. The van der Waals surface area contributed by atoms with Gasteiger partial charge in [0.05, 0.1) is 6.54 Å². The second-order valence-electron chi connectivity index (χ2n) is 6.67. The van der Waals surface area contributed by atoms with Crippen molar-refractivity contribution in [3.8, 4) is 0 Å². The van der Waals surface area contributed by atoms with Crippen LogP contribution in [0, 0.1) is 0 Å². The summed E-state index contributed by atoms with van der Waals surface area (Å²) >= 11 is 4.57. The van der Waals surface area contributed by atoms with Crippen LogP contribution in [0.25, 0.3) is 0 Å². The number of hydrogen-bond acceptors (Lipinski definition) is 6. The highest BCUT2D eigenvalue weighted by atomic mass is 32.1. The molecule has 1 fully saturated rings. The van der Waals surface area contributed by atoms with Gasteiger partial charge < -0.3 is 14.8 Å². The van der Waals surface area contributed by atoms with Gasteiger partial charge in [0.15, 0.2) is 0 Å². The summed E-state index contributed by atoms with van der Waals surface area (Å²) in [5, 5.41) is 2.57. The molecule has 0 atom stereocenters. The third-order valence-electron chi connectivity index (χ3n) is 3.66. The third kappa shape index (κ3) is 5.21. The van der Waals surface area contributed by atoms with E-state index in [1.54, 1.807) is 0 Å². The lowest BCUT2D eigenvalue weighted by Crippen LogP contribution is -2.58. The average Bonchev–Trinajstić information content (AvgIpc) is 2.40. The summed E-state index contributed by atoms with van der Waals surface area (Å²) in [5.41, 5.74) is -0.343. The molecule has 0 aromatic rings. The molecule has 1 saturated heterocycles. The largest absolute Gasteiger partial charge is 0.461 e. The van der Waals surface area contributed by atoms with Crippen molar-refractivity contribution in [2.45, 2.75) is 57.7 Å². The Bertz CT molecular complexity index is 419. The Labute approximate surface area is 137 Å². The van der Waals surface area contributed by atoms with Crippen LogP contribution < -0.4 is 5.32 Å². The van der Waals surface area contributed by atoms with Crippen LogP contribution in [0.15, 0.2) is 12.7 Å². The van der Waals surface area contributed by atoms with Gasteiger partial charge in [-0.15, -0.1) is 0 Å². The maximum Gasteiger partial charge on any atom is 0.407 e. The van der Waals surface area contributed by atoms with Gasteiger partial charge in [-0.2, -0.15) is 0 Å². The first kappa shape index (κ1) is 18.8. The summed E-state index contributed by atoms with van der Waals surface area (Å²) < 4.78 is 12.3. The summed E-state index contributed by atoms with van der Waals surface area (Å²) in [4.78, 5) is 22.7. The number of nitrogens with zero attached hydrogens (tertiary/aromatic N) is 1. The minimum atomic E-state index is -0.514. The quantitative estimate of drug-likeness (QED) is 0.350. The summed E-state index contributed by atoms with van der Waals surface area (Å²) in [7, 11) is 0. The van der Waals surface area contributed by atoms with Crippen molar-refractivity contribution in [3.05, 3.63) is 12.7 Å². The molecule has 0 aliphatic carbocycles. The molecule has 0 unspecified atom stereocenters. The van der Waals surface area contributed by atoms with E-state index in [9.17, 15) is 9.59 Å². The minimum Gasteiger partial charge on any atom is -0.461 e. The van der Waals surface area contributed by atoms with Crippen molar-refractivity contribution in [1.82, 2.24) is 9.62 Å². The summed E-state index contributed by atoms with van der Waals surface area (Å²) in [6.07, 6.45) is 1.81. The first-order chi connectivity index (χ1) is 10.1. The molecule has 0 bridgehead atoms. The number of hydrogen-bond donors (Lipinski definition) is 2. The number of carbonyl (C=O) groups is 2. The molecule has 1 aliphatic rings. The molecule has 0 spiro atoms.